The molecule has 0 fully saturated rings. The maximum atomic E-state index is 5.77. The van der Waals surface area contributed by atoms with Gasteiger partial charge >= 0.3 is 0 Å². The molecule has 0 aliphatic heterocycles. The number of hydrogen-bond donors (Lipinski definition) is 1. The lowest BCUT2D eigenvalue weighted by Crippen LogP contribution is -2.32. The van der Waals surface area contributed by atoms with Crippen LogP contribution < -0.4 is 5.32 Å². The van der Waals surface area contributed by atoms with Gasteiger partial charge in [0.05, 0.1) is 12.1 Å². The second-order valence-electron chi connectivity index (χ2n) is 5.08. The van der Waals surface area contributed by atoms with Gasteiger partial charge in [0.2, 0.25) is 0 Å². The highest BCUT2D eigenvalue weighted by Crippen LogP contribution is 2.27. The van der Waals surface area contributed by atoms with E-state index in [-0.39, 0.29) is 6.10 Å². The van der Waals surface area contributed by atoms with E-state index < -0.39 is 0 Å². The molecule has 2 rings (SSSR count). The van der Waals surface area contributed by atoms with Gasteiger partial charge in [0.25, 0.3) is 0 Å². The second-order valence-corrected chi connectivity index (χ2v) is 5.08. The first-order chi connectivity index (χ1) is 8.76. The quantitative estimate of drug-likeness (QED) is 0.833. The number of aryl methyl sites for hydroxylation is 2. The predicted molar refractivity (Wildman–Crippen MR) is 76.0 cm³/mol. The number of nitrogens with one attached hydrogen (secondary N) is 1. The molecule has 18 heavy (non-hydrogen) atoms. The molecule has 0 amide bonds. The Hall–Kier alpha value is -0.860. The summed E-state index contributed by atoms with van der Waals surface area (Å²) in [5.74, 6) is 0. The summed E-state index contributed by atoms with van der Waals surface area (Å²) in [6.07, 6.45) is 4.02. The van der Waals surface area contributed by atoms with Gasteiger partial charge in [0.1, 0.15) is 0 Å². The largest absolute Gasteiger partial charge is 0.377 e. The van der Waals surface area contributed by atoms with E-state index in [0.29, 0.717) is 6.04 Å². The zero-order chi connectivity index (χ0) is 13.0. The van der Waals surface area contributed by atoms with Crippen molar-refractivity contribution >= 4 is 0 Å². The molecule has 2 nitrogen and oxygen atoms in total. The molecule has 2 atom stereocenters. The van der Waals surface area contributed by atoms with Gasteiger partial charge in [-0.15, -0.1) is 0 Å². The van der Waals surface area contributed by atoms with Crippen LogP contribution in [0.4, 0.5) is 0 Å². The molecule has 0 aromatic heterocycles. The van der Waals surface area contributed by atoms with Crippen LogP contribution in [0.3, 0.4) is 0 Å². The molecule has 2 heteroatoms. The molecule has 0 saturated heterocycles. The van der Waals surface area contributed by atoms with Crippen LogP contribution >= 0.6 is 0 Å². The summed E-state index contributed by atoms with van der Waals surface area (Å²) in [6, 6.07) is 7.26. The first kappa shape index (κ1) is 13.6. The summed E-state index contributed by atoms with van der Waals surface area (Å²) in [5, 5.41) is 3.55. The molecular formula is C16H25NO. The molecule has 1 aromatic rings. The molecule has 1 aliphatic carbocycles. The Morgan fingerprint density at radius 1 is 1.22 bits per heavy atom. The molecule has 0 spiro atoms. The molecule has 2 unspecified atom stereocenters. The molecule has 0 bridgehead atoms. The Bertz CT molecular complexity index is 389. The van der Waals surface area contributed by atoms with Crippen LogP contribution in [0, 0.1) is 0 Å². The van der Waals surface area contributed by atoms with E-state index in [1.165, 1.54) is 30.4 Å². The van der Waals surface area contributed by atoms with Crippen molar-refractivity contribution < 1.29 is 4.74 Å². The molecule has 0 saturated carbocycles. The van der Waals surface area contributed by atoms with Gasteiger partial charge in [-0.25, -0.2) is 0 Å². The summed E-state index contributed by atoms with van der Waals surface area (Å²) in [4.78, 5) is 0. The van der Waals surface area contributed by atoms with Gasteiger partial charge in [-0.1, -0.05) is 25.1 Å². The van der Waals surface area contributed by atoms with E-state index in [2.05, 4.69) is 44.3 Å². The smallest absolute Gasteiger partial charge is 0.0741 e. The Balaban J connectivity index is 2.19. The van der Waals surface area contributed by atoms with Crippen LogP contribution in [0.2, 0.25) is 0 Å². The molecular weight excluding hydrogens is 222 g/mol. The Morgan fingerprint density at radius 2 is 2.00 bits per heavy atom. The third kappa shape index (κ3) is 2.93. The Labute approximate surface area is 111 Å². The fourth-order valence-corrected chi connectivity index (χ4v) is 2.92. The van der Waals surface area contributed by atoms with E-state index in [9.17, 15) is 0 Å². The molecule has 0 radical (unpaired) electrons. The predicted octanol–water partition coefficient (Wildman–Crippen LogP) is 3.25. The highest BCUT2D eigenvalue weighted by molar-refractivity contribution is 5.36. The Kier molecular flexibility index (Phi) is 4.79. The van der Waals surface area contributed by atoms with E-state index in [1.54, 1.807) is 5.56 Å². The zero-order valence-corrected chi connectivity index (χ0v) is 11.8. The molecule has 1 aromatic carbocycles. The lowest BCUT2D eigenvalue weighted by molar-refractivity contribution is 0.0476. The first-order valence-corrected chi connectivity index (χ1v) is 7.23. The minimum atomic E-state index is 0.217. The number of fused-ring (bicyclic) bond motifs is 1. The summed E-state index contributed by atoms with van der Waals surface area (Å²) >= 11 is 0. The topological polar surface area (TPSA) is 21.3 Å². The summed E-state index contributed by atoms with van der Waals surface area (Å²) < 4.78 is 5.77. The lowest BCUT2D eigenvalue weighted by Gasteiger charge is -2.25. The molecule has 100 valence electrons. The van der Waals surface area contributed by atoms with Crippen molar-refractivity contribution in [2.45, 2.75) is 52.2 Å². The summed E-state index contributed by atoms with van der Waals surface area (Å²) in [5.41, 5.74) is 4.45. The van der Waals surface area contributed by atoms with Crippen molar-refractivity contribution in [2.24, 2.45) is 0 Å². The van der Waals surface area contributed by atoms with Crippen molar-refractivity contribution in [1.29, 1.82) is 0 Å². The van der Waals surface area contributed by atoms with Crippen molar-refractivity contribution in [3.8, 4) is 0 Å². The second kappa shape index (κ2) is 6.35. The molecule has 0 heterocycles. The summed E-state index contributed by atoms with van der Waals surface area (Å²) in [6.45, 7) is 8.11. The lowest BCUT2D eigenvalue weighted by atomic mass is 9.98. The van der Waals surface area contributed by atoms with Gasteiger partial charge in [0.15, 0.2) is 0 Å². The number of ether oxygens (including phenoxy) is 1. The zero-order valence-electron chi connectivity index (χ0n) is 11.8. The van der Waals surface area contributed by atoms with Crippen molar-refractivity contribution in [2.75, 3.05) is 13.2 Å². The number of rotatable bonds is 6. The standard InChI is InChI=1S/C16H25NO/c1-4-17-16(12(3)18-5-2)15-10-9-13-7-6-8-14(13)11-15/h9-12,16-17H,4-8H2,1-3H3. The highest BCUT2D eigenvalue weighted by atomic mass is 16.5. The van der Waals surface area contributed by atoms with Crippen molar-refractivity contribution in [1.82, 2.24) is 5.32 Å². The van der Waals surface area contributed by atoms with Crippen molar-refractivity contribution in [3.05, 3.63) is 34.9 Å². The van der Waals surface area contributed by atoms with E-state index >= 15 is 0 Å². The molecule has 1 N–H and O–H groups in total. The third-order valence-corrected chi connectivity index (χ3v) is 3.80. The van der Waals surface area contributed by atoms with Crippen LogP contribution in [-0.2, 0) is 17.6 Å². The minimum absolute atomic E-state index is 0.217. The van der Waals surface area contributed by atoms with Gasteiger partial charge < -0.3 is 10.1 Å². The fraction of sp³-hybridized carbons (Fsp3) is 0.625. The van der Waals surface area contributed by atoms with E-state index in [0.717, 1.165) is 13.2 Å². The maximum Gasteiger partial charge on any atom is 0.0741 e. The van der Waals surface area contributed by atoms with Gasteiger partial charge in [-0.3, -0.25) is 0 Å². The first-order valence-electron chi connectivity index (χ1n) is 7.23. The SMILES string of the molecule is CCNC(c1ccc2c(c1)CCC2)C(C)OCC. The van der Waals surface area contributed by atoms with Crippen LogP contribution in [0.5, 0.6) is 0 Å². The fourth-order valence-electron chi connectivity index (χ4n) is 2.92. The Morgan fingerprint density at radius 3 is 2.72 bits per heavy atom. The van der Waals surface area contributed by atoms with Gasteiger partial charge in [-0.2, -0.15) is 0 Å². The average molecular weight is 247 g/mol. The highest BCUT2D eigenvalue weighted by Gasteiger charge is 2.20. The van der Waals surface area contributed by atoms with Crippen LogP contribution in [0.15, 0.2) is 18.2 Å². The van der Waals surface area contributed by atoms with Crippen molar-refractivity contribution in [3.63, 3.8) is 0 Å². The van der Waals surface area contributed by atoms with Gasteiger partial charge in [0, 0.05) is 6.61 Å². The monoisotopic (exact) mass is 247 g/mol. The van der Waals surface area contributed by atoms with E-state index in [1.807, 2.05) is 0 Å². The number of likely N-dealkylation sites (N-methyl/N-ethyl adjacent to an activating group) is 1. The third-order valence-electron chi connectivity index (χ3n) is 3.80. The van der Waals surface area contributed by atoms with Crippen LogP contribution in [0.25, 0.3) is 0 Å². The molecule has 1 aliphatic rings. The number of hydrogen-bond acceptors (Lipinski definition) is 2. The van der Waals surface area contributed by atoms with Crippen LogP contribution in [0.1, 0.15) is 49.9 Å². The van der Waals surface area contributed by atoms with Gasteiger partial charge in [-0.05, 0) is 56.3 Å². The average Bonchev–Trinajstić information content (AvgIpc) is 2.83. The number of benzene rings is 1. The summed E-state index contributed by atoms with van der Waals surface area (Å²) in [7, 11) is 0. The minimum Gasteiger partial charge on any atom is -0.377 e. The maximum absolute atomic E-state index is 5.77. The van der Waals surface area contributed by atoms with Crippen LogP contribution in [-0.4, -0.2) is 19.3 Å². The van der Waals surface area contributed by atoms with E-state index in [4.69, 9.17) is 4.74 Å². The normalized spacial score (nSPS) is 17.5.